The minimum absolute atomic E-state index is 0.556. The standard InChI is InChI=1S/C17H18N6/c1-2-4-12(5-3-1)20-17-22-15-14(18-9-19-15)16(23-17)21-13-10-6-7-11(13)8-10/h1-5,9-11,13H,6-8H2,(H3,18,19,20,21,22,23)/t10-,11+,13?. The van der Waals surface area contributed by atoms with Crippen LogP contribution in [0.15, 0.2) is 36.7 Å². The molecule has 0 amide bonds. The number of rotatable bonds is 4. The number of fused-ring (bicyclic) bond motifs is 2. The number of aromatic nitrogens is 4. The van der Waals surface area contributed by atoms with E-state index in [0.717, 1.165) is 28.9 Å². The maximum absolute atomic E-state index is 4.68. The Labute approximate surface area is 133 Å². The zero-order chi connectivity index (χ0) is 15.2. The van der Waals surface area contributed by atoms with Crippen molar-refractivity contribution in [3.63, 3.8) is 0 Å². The summed E-state index contributed by atoms with van der Waals surface area (Å²) in [5, 5.41) is 6.89. The molecule has 2 bridgehead atoms. The van der Waals surface area contributed by atoms with Crippen LogP contribution in [0.4, 0.5) is 17.5 Å². The van der Waals surface area contributed by atoms with E-state index >= 15 is 0 Å². The van der Waals surface area contributed by atoms with Gasteiger partial charge in [0, 0.05) is 11.7 Å². The fourth-order valence-electron chi connectivity index (χ4n) is 3.93. The number of benzene rings is 1. The molecule has 3 fully saturated rings. The van der Waals surface area contributed by atoms with Crippen LogP contribution in [0.2, 0.25) is 0 Å². The van der Waals surface area contributed by atoms with Crippen molar-refractivity contribution in [1.29, 1.82) is 0 Å². The zero-order valence-electron chi connectivity index (χ0n) is 12.7. The highest BCUT2D eigenvalue weighted by Gasteiger charge is 2.46. The minimum atomic E-state index is 0.556. The molecule has 3 aliphatic rings. The van der Waals surface area contributed by atoms with Crippen LogP contribution in [0, 0.1) is 11.8 Å². The third-order valence-electron chi connectivity index (χ3n) is 5.15. The van der Waals surface area contributed by atoms with Crippen molar-refractivity contribution >= 4 is 28.6 Å². The topological polar surface area (TPSA) is 78.5 Å². The lowest BCUT2D eigenvalue weighted by Gasteiger charge is -2.36. The van der Waals surface area contributed by atoms with Gasteiger partial charge in [-0.1, -0.05) is 18.2 Å². The summed E-state index contributed by atoms with van der Waals surface area (Å²) in [6, 6.07) is 10.5. The van der Waals surface area contributed by atoms with Gasteiger partial charge in [0.2, 0.25) is 5.95 Å². The molecule has 0 spiro atoms. The predicted molar refractivity (Wildman–Crippen MR) is 89.7 cm³/mol. The molecular formula is C17H18N6. The molecule has 0 saturated heterocycles. The molecule has 23 heavy (non-hydrogen) atoms. The highest BCUT2D eigenvalue weighted by atomic mass is 15.2. The van der Waals surface area contributed by atoms with E-state index in [1.54, 1.807) is 6.33 Å². The van der Waals surface area contributed by atoms with Crippen LogP contribution in [0.3, 0.4) is 0 Å². The van der Waals surface area contributed by atoms with Gasteiger partial charge in [-0.25, -0.2) is 4.98 Å². The molecular weight excluding hydrogens is 288 g/mol. The first kappa shape index (κ1) is 12.9. The Kier molecular flexibility index (Phi) is 2.76. The van der Waals surface area contributed by atoms with Crippen LogP contribution in [-0.2, 0) is 0 Å². The van der Waals surface area contributed by atoms with Crippen LogP contribution >= 0.6 is 0 Å². The number of hydrogen-bond donors (Lipinski definition) is 3. The number of para-hydroxylation sites is 1. The van der Waals surface area contributed by atoms with Crippen LogP contribution < -0.4 is 10.6 Å². The molecule has 1 unspecified atom stereocenters. The summed E-state index contributed by atoms with van der Waals surface area (Å²) < 4.78 is 0. The van der Waals surface area contributed by atoms with Crippen LogP contribution in [0.1, 0.15) is 19.3 Å². The van der Waals surface area contributed by atoms with E-state index in [0.29, 0.717) is 17.6 Å². The number of H-pyrrole nitrogens is 1. The van der Waals surface area contributed by atoms with Gasteiger partial charge in [0.1, 0.15) is 5.52 Å². The van der Waals surface area contributed by atoms with Gasteiger partial charge in [-0.05, 0) is 43.2 Å². The molecule has 2 heterocycles. The molecule has 0 radical (unpaired) electrons. The molecule has 6 rings (SSSR count). The molecule has 0 aliphatic heterocycles. The molecule has 1 aromatic carbocycles. The monoisotopic (exact) mass is 306 g/mol. The van der Waals surface area contributed by atoms with Gasteiger partial charge in [-0.3, -0.25) is 0 Å². The minimum Gasteiger partial charge on any atom is -0.365 e. The van der Waals surface area contributed by atoms with Gasteiger partial charge >= 0.3 is 0 Å². The first-order valence-corrected chi connectivity index (χ1v) is 8.16. The summed E-state index contributed by atoms with van der Waals surface area (Å²) >= 11 is 0. The highest BCUT2D eigenvalue weighted by Crippen LogP contribution is 2.49. The summed E-state index contributed by atoms with van der Waals surface area (Å²) in [6.45, 7) is 0. The Balaban J connectivity index is 1.49. The smallest absolute Gasteiger partial charge is 0.231 e. The second-order valence-electron chi connectivity index (χ2n) is 6.49. The first-order chi connectivity index (χ1) is 11.4. The molecule has 116 valence electrons. The van der Waals surface area contributed by atoms with E-state index in [1.165, 1.54) is 19.3 Å². The molecule has 2 aromatic heterocycles. The van der Waals surface area contributed by atoms with Crippen molar-refractivity contribution in [3.05, 3.63) is 36.7 Å². The molecule has 3 aromatic rings. The van der Waals surface area contributed by atoms with Crippen LogP contribution in [-0.4, -0.2) is 26.0 Å². The van der Waals surface area contributed by atoms with Crippen molar-refractivity contribution in [1.82, 2.24) is 19.9 Å². The Morgan fingerprint density at radius 3 is 2.65 bits per heavy atom. The van der Waals surface area contributed by atoms with E-state index < -0.39 is 0 Å². The quantitative estimate of drug-likeness (QED) is 0.689. The summed E-state index contributed by atoms with van der Waals surface area (Å²) in [6.07, 6.45) is 5.72. The van der Waals surface area contributed by atoms with Crippen molar-refractivity contribution in [2.24, 2.45) is 11.8 Å². The van der Waals surface area contributed by atoms with E-state index in [-0.39, 0.29) is 0 Å². The van der Waals surface area contributed by atoms with E-state index in [2.05, 4.69) is 30.6 Å². The Bertz CT molecular complexity index is 829. The van der Waals surface area contributed by atoms with Crippen molar-refractivity contribution in [2.45, 2.75) is 25.3 Å². The molecule has 3 saturated carbocycles. The number of imidazole rings is 1. The summed E-state index contributed by atoms with van der Waals surface area (Å²) in [5.41, 5.74) is 2.54. The fourth-order valence-corrected chi connectivity index (χ4v) is 3.93. The van der Waals surface area contributed by atoms with Gasteiger partial charge in [0.15, 0.2) is 11.5 Å². The SMILES string of the molecule is c1ccc(Nc2nc(NC3[C@@H]4CC[C@H]3C4)c3[nH]cnc3n2)cc1. The number of nitrogens with zero attached hydrogens (tertiary/aromatic N) is 3. The third-order valence-corrected chi connectivity index (χ3v) is 5.15. The van der Waals surface area contributed by atoms with E-state index in [1.807, 2.05) is 30.3 Å². The lowest BCUT2D eigenvalue weighted by Crippen LogP contribution is -2.40. The normalized spacial score (nSPS) is 25.3. The maximum Gasteiger partial charge on any atom is 0.231 e. The lowest BCUT2D eigenvalue weighted by molar-refractivity contribution is 0.262. The van der Waals surface area contributed by atoms with E-state index in [9.17, 15) is 0 Å². The van der Waals surface area contributed by atoms with Gasteiger partial charge in [-0.2, -0.15) is 9.97 Å². The van der Waals surface area contributed by atoms with E-state index in [4.69, 9.17) is 0 Å². The second-order valence-corrected chi connectivity index (χ2v) is 6.49. The largest absolute Gasteiger partial charge is 0.365 e. The number of aromatic amines is 1. The number of hydrogen-bond acceptors (Lipinski definition) is 5. The van der Waals surface area contributed by atoms with Gasteiger partial charge < -0.3 is 15.6 Å². The summed E-state index contributed by atoms with van der Waals surface area (Å²) in [7, 11) is 0. The van der Waals surface area contributed by atoms with Gasteiger partial charge in [0.05, 0.1) is 6.33 Å². The molecule has 6 heteroatoms. The molecule has 3 aliphatic carbocycles. The lowest BCUT2D eigenvalue weighted by atomic mass is 9.78. The number of anilines is 3. The average Bonchev–Trinajstić information content (AvgIpc) is 3.29. The van der Waals surface area contributed by atoms with Gasteiger partial charge in [0.25, 0.3) is 0 Å². The molecule has 6 nitrogen and oxygen atoms in total. The number of nitrogens with one attached hydrogen (secondary N) is 3. The first-order valence-electron chi connectivity index (χ1n) is 8.16. The maximum atomic E-state index is 4.68. The van der Waals surface area contributed by atoms with Crippen LogP contribution in [0.5, 0.6) is 0 Å². The van der Waals surface area contributed by atoms with Gasteiger partial charge in [-0.15, -0.1) is 0 Å². The average molecular weight is 306 g/mol. The second kappa shape index (κ2) is 4.94. The highest BCUT2D eigenvalue weighted by molar-refractivity contribution is 5.84. The van der Waals surface area contributed by atoms with Crippen LogP contribution in [0.25, 0.3) is 11.2 Å². The third kappa shape index (κ3) is 2.13. The Morgan fingerprint density at radius 2 is 1.87 bits per heavy atom. The summed E-state index contributed by atoms with van der Waals surface area (Å²) in [4.78, 5) is 16.6. The molecule has 3 atom stereocenters. The fraction of sp³-hybridized carbons (Fsp3) is 0.353. The zero-order valence-corrected chi connectivity index (χ0v) is 12.7. The Morgan fingerprint density at radius 1 is 1.04 bits per heavy atom. The molecule has 3 N–H and O–H groups in total. The Hall–Kier alpha value is -2.63. The van der Waals surface area contributed by atoms with Crippen molar-refractivity contribution < 1.29 is 0 Å². The van der Waals surface area contributed by atoms with Crippen molar-refractivity contribution in [3.8, 4) is 0 Å². The predicted octanol–water partition coefficient (Wildman–Crippen LogP) is 3.31. The van der Waals surface area contributed by atoms with Crippen molar-refractivity contribution in [2.75, 3.05) is 10.6 Å². The summed E-state index contributed by atoms with van der Waals surface area (Å²) in [5.74, 6) is 3.04.